The minimum Gasteiger partial charge on any atom is -0.496 e. The number of ether oxygens (including phenoxy) is 2. The third-order valence-corrected chi connectivity index (χ3v) is 5.74. The average Bonchev–Trinajstić information content (AvgIpc) is 3.56. The summed E-state index contributed by atoms with van der Waals surface area (Å²) in [6, 6.07) is 12.5. The molecule has 1 saturated carbocycles. The van der Waals surface area contributed by atoms with E-state index in [9.17, 15) is 9.18 Å². The van der Waals surface area contributed by atoms with E-state index in [1.807, 2.05) is 43.0 Å². The van der Waals surface area contributed by atoms with Crippen LogP contribution in [0.3, 0.4) is 0 Å². The van der Waals surface area contributed by atoms with Gasteiger partial charge in [0.15, 0.2) is 0 Å². The molecule has 2 aromatic carbocycles. The fourth-order valence-electron chi connectivity index (χ4n) is 4.18. The first-order valence-corrected chi connectivity index (χ1v) is 10.8. The largest absolute Gasteiger partial charge is 0.496 e. The summed E-state index contributed by atoms with van der Waals surface area (Å²) in [5, 5.41) is 2.87. The number of carbonyl (C=O) groups is 1. The molecule has 2 amide bonds. The molecule has 0 spiro atoms. The van der Waals surface area contributed by atoms with E-state index in [1.54, 1.807) is 24.1 Å². The maximum Gasteiger partial charge on any atom is 0.322 e. The minimum atomic E-state index is -0.346. The van der Waals surface area contributed by atoms with Gasteiger partial charge >= 0.3 is 6.03 Å². The molecular weight excluding hydrogens is 397 g/mol. The van der Waals surface area contributed by atoms with Crippen molar-refractivity contribution in [2.45, 2.75) is 51.5 Å². The highest BCUT2D eigenvalue weighted by Gasteiger charge is 2.33. The number of benzene rings is 2. The van der Waals surface area contributed by atoms with Crippen molar-refractivity contribution in [1.82, 2.24) is 4.90 Å². The number of para-hydroxylation sites is 1. The molecular formula is C24H30FN3O3. The van der Waals surface area contributed by atoms with Crippen LogP contribution in [0.1, 0.15) is 32.3 Å². The van der Waals surface area contributed by atoms with Crippen molar-refractivity contribution < 1.29 is 18.7 Å². The number of carbonyl (C=O) groups excluding carboxylic acids is 1. The fourth-order valence-corrected chi connectivity index (χ4v) is 4.18. The highest BCUT2D eigenvalue weighted by atomic mass is 19.1. The first kappa shape index (κ1) is 21.4. The summed E-state index contributed by atoms with van der Waals surface area (Å²) >= 11 is 0. The Hall–Kier alpha value is -2.80. The van der Waals surface area contributed by atoms with E-state index in [4.69, 9.17) is 9.47 Å². The molecule has 0 unspecified atom stereocenters. The molecule has 166 valence electrons. The molecule has 1 saturated heterocycles. The van der Waals surface area contributed by atoms with Crippen molar-refractivity contribution in [1.29, 1.82) is 0 Å². The molecule has 31 heavy (non-hydrogen) atoms. The number of urea groups is 1. The number of hydrogen-bond acceptors (Lipinski definition) is 4. The first-order valence-electron chi connectivity index (χ1n) is 10.8. The van der Waals surface area contributed by atoms with E-state index in [2.05, 4.69) is 5.32 Å². The van der Waals surface area contributed by atoms with Gasteiger partial charge in [0.25, 0.3) is 0 Å². The summed E-state index contributed by atoms with van der Waals surface area (Å²) in [5.74, 6) is 0.409. The van der Waals surface area contributed by atoms with E-state index >= 15 is 0 Å². The summed E-state index contributed by atoms with van der Waals surface area (Å²) in [6.07, 6.45) is 2.04. The van der Waals surface area contributed by atoms with Crippen molar-refractivity contribution in [2.24, 2.45) is 0 Å². The number of nitrogens with one attached hydrogen (secondary N) is 1. The van der Waals surface area contributed by atoms with E-state index < -0.39 is 0 Å². The number of nitrogens with zero attached hydrogens (tertiary/aromatic N) is 2. The van der Waals surface area contributed by atoms with E-state index in [0.717, 1.165) is 24.2 Å². The predicted molar refractivity (Wildman–Crippen MR) is 119 cm³/mol. The van der Waals surface area contributed by atoms with Crippen LogP contribution in [0.25, 0.3) is 0 Å². The number of morpholine rings is 1. The summed E-state index contributed by atoms with van der Waals surface area (Å²) in [5.41, 5.74) is 1.93. The zero-order valence-electron chi connectivity index (χ0n) is 18.3. The maximum absolute atomic E-state index is 14.9. The van der Waals surface area contributed by atoms with Crippen LogP contribution >= 0.6 is 0 Å². The van der Waals surface area contributed by atoms with Crippen molar-refractivity contribution in [3.05, 3.63) is 53.8 Å². The van der Waals surface area contributed by atoms with Crippen LogP contribution in [0, 0.1) is 5.82 Å². The summed E-state index contributed by atoms with van der Waals surface area (Å²) in [7, 11) is 1.63. The lowest BCUT2D eigenvalue weighted by Gasteiger charge is -2.37. The lowest BCUT2D eigenvalue weighted by atomic mass is 10.1. The molecule has 2 fully saturated rings. The van der Waals surface area contributed by atoms with Gasteiger partial charge in [0.2, 0.25) is 0 Å². The Morgan fingerprint density at radius 2 is 1.90 bits per heavy atom. The second-order valence-corrected chi connectivity index (χ2v) is 8.43. The van der Waals surface area contributed by atoms with E-state index in [0.29, 0.717) is 31.0 Å². The van der Waals surface area contributed by atoms with Crippen LogP contribution in [0.4, 0.5) is 20.6 Å². The van der Waals surface area contributed by atoms with E-state index in [1.165, 1.54) is 6.07 Å². The molecule has 4 rings (SSSR count). The van der Waals surface area contributed by atoms with Crippen LogP contribution < -0.4 is 15.0 Å². The van der Waals surface area contributed by atoms with E-state index in [-0.39, 0.29) is 30.1 Å². The molecule has 0 radical (unpaired) electrons. The zero-order valence-corrected chi connectivity index (χ0v) is 18.3. The lowest BCUT2D eigenvalue weighted by Crippen LogP contribution is -2.45. The Morgan fingerprint density at radius 3 is 2.55 bits per heavy atom. The minimum absolute atomic E-state index is 0.0459. The quantitative estimate of drug-likeness (QED) is 0.730. The standard InChI is InChI=1S/C24H30FN3O3/c1-16-13-27(14-17(2)31-16)22-11-8-19(12-21(22)25)26-24(29)28(20-9-10-20)15-18-6-4-5-7-23(18)30-3/h4-8,11-12,16-17,20H,9-10,13-15H2,1-3H3,(H,26,29)/t16-,17-/m0/s1. The second-order valence-electron chi connectivity index (χ2n) is 8.43. The van der Waals surface area contributed by atoms with Crippen LogP contribution in [-0.4, -0.2) is 49.4 Å². The van der Waals surface area contributed by atoms with Gasteiger partial charge in [-0.2, -0.15) is 0 Å². The second kappa shape index (κ2) is 9.14. The average molecular weight is 428 g/mol. The Labute approximate surface area is 182 Å². The highest BCUT2D eigenvalue weighted by molar-refractivity contribution is 5.90. The number of anilines is 2. The monoisotopic (exact) mass is 427 g/mol. The Balaban J connectivity index is 1.46. The Kier molecular flexibility index (Phi) is 6.32. The lowest BCUT2D eigenvalue weighted by molar-refractivity contribution is -0.00539. The van der Waals surface area contributed by atoms with Crippen molar-refractivity contribution >= 4 is 17.4 Å². The van der Waals surface area contributed by atoms with Gasteiger partial charge in [-0.05, 0) is 51.0 Å². The Bertz CT molecular complexity index is 924. The van der Waals surface area contributed by atoms with Gasteiger partial charge in [0, 0.05) is 30.4 Å². The summed E-state index contributed by atoms with van der Waals surface area (Å²) < 4.78 is 26.1. The van der Waals surface area contributed by atoms with Gasteiger partial charge in [0.05, 0.1) is 31.5 Å². The van der Waals surface area contributed by atoms with Gasteiger partial charge < -0.3 is 24.6 Å². The molecule has 2 aliphatic rings. The van der Waals surface area contributed by atoms with Gasteiger partial charge in [0.1, 0.15) is 11.6 Å². The topological polar surface area (TPSA) is 54.0 Å². The van der Waals surface area contributed by atoms with Crippen LogP contribution in [-0.2, 0) is 11.3 Å². The number of methoxy groups -OCH3 is 1. The smallest absolute Gasteiger partial charge is 0.322 e. The third kappa shape index (κ3) is 5.10. The molecule has 2 atom stereocenters. The maximum atomic E-state index is 14.9. The molecule has 7 heteroatoms. The van der Waals surface area contributed by atoms with Gasteiger partial charge in [-0.1, -0.05) is 18.2 Å². The van der Waals surface area contributed by atoms with Crippen molar-refractivity contribution in [3.8, 4) is 5.75 Å². The SMILES string of the molecule is COc1ccccc1CN(C(=O)Nc1ccc(N2C[C@H](C)O[C@@H](C)C2)c(F)c1)C1CC1. The van der Waals surface area contributed by atoms with Gasteiger partial charge in [-0.25, -0.2) is 9.18 Å². The Morgan fingerprint density at radius 1 is 1.19 bits per heavy atom. The van der Waals surface area contributed by atoms with Crippen molar-refractivity contribution in [3.63, 3.8) is 0 Å². The zero-order chi connectivity index (χ0) is 22.0. The van der Waals surface area contributed by atoms with Crippen LogP contribution in [0.15, 0.2) is 42.5 Å². The molecule has 0 aromatic heterocycles. The first-order chi connectivity index (χ1) is 14.9. The number of amides is 2. The normalized spacial score (nSPS) is 21.0. The van der Waals surface area contributed by atoms with Gasteiger partial charge in [-0.3, -0.25) is 0 Å². The van der Waals surface area contributed by atoms with Crippen LogP contribution in [0.2, 0.25) is 0 Å². The molecule has 1 heterocycles. The van der Waals surface area contributed by atoms with Gasteiger partial charge in [-0.15, -0.1) is 0 Å². The third-order valence-electron chi connectivity index (χ3n) is 5.74. The molecule has 1 N–H and O–H groups in total. The molecule has 1 aliphatic carbocycles. The fraction of sp³-hybridized carbons (Fsp3) is 0.458. The molecule has 6 nitrogen and oxygen atoms in total. The highest BCUT2D eigenvalue weighted by Crippen LogP contribution is 2.32. The van der Waals surface area contributed by atoms with Crippen LogP contribution in [0.5, 0.6) is 5.75 Å². The molecule has 0 bridgehead atoms. The number of halogens is 1. The molecule has 2 aromatic rings. The molecule has 1 aliphatic heterocycles. The predicted octanol–water partition coefficient (Wildman–Crippen LogP) is 4.64. The summed E-state index contributed by atoms with van der Waals surface area (Å²) in [4.78, 5) is 16.8. The number of rotatable bonds is 6. The summed E-state index contributed by atoms with van der Waals surface area (Å²) in [6.45, 7) is 5.71. The number of hydrogen-bond donors (Lipinski definition) is 1. The van der Waals surface area contributed by atoms with Crippen molar-refractivity contribution in [2.75, 3.05) is 30.4 Å².